The Kier molecular flexibility index (Phi) is 4.51. The molecule has 2 heterocycles. The van der Waals surface area contributed by atoms with Crippen LogP contribution in [0.5, 0.6) is 0 Å². The summed E-state index contributed by atoms with van der Waals surface area (Å²) in [6, 6.07) is 12.4. The lowest BCUT2D eigenvalue weighted by atomic mass is 10.1. The molecule has 2 N–H and O–H groups in total. The molecule has 0 saturated carbocycles. The van der Waals surface area contributed by atoms with Crippen LogP contribution in [0.4, 0.5) is 10.3 Å². The molecule has 0 spiro atoms. The molecule has 4 rings (SSSR count). The molecule has 1 aliphatic heterocycles. The van der Waals surface area contributed by atoms with E-state index in [-0.39, 0.29) is 5.82 Å². The van der Waals surface area contributed by atoms with Gasteiger partial charge in [-0.1, -0.05) is 23.7 Å². The minimum absolute atomic E-state index is 0.310. The summed E-state index contributed by atoms with van der Waals surface area (Å²) in [6.45, 7) is 1.95. The first-order chi connectivity index (χ1) is 12.2. The van der Waals surface area contributed by atoms with Gasteiger partial charge < -0.3 is 10.6 Å². The maximum Gasteiger partial charge on any atom is 0.224 e. The standard InChI is InChI=1S/C19H18ClFN4/c20-12-5-6-17-15(11-12)18(14-3-1-2-4-16(14)21)25-19(24-17)23-13-7-9-22-10-8-13/h1-6,11,13,22H,7-10H2,(H,23,24,25). The summed E-state index contributed by atoms with van der Waals surface area (Å²) in [5.74, 6) is 0.218. The molecule has 1 aliphatic rings. The second kappa shape index (κ2) is 6.94. The van der Waals surface area contributed by atoms with Gasteiger partial charge in [-0.3, -0.25) is 0 Å². The van der Waals surface area contributed by atoms with Crippen molar-refractivity contribution in [2.24, 2.45) is 0 Å². The summed E-state index contributed by atoms with van der Waals surface area (Å²) in [7, 11) is 0. The number of rotatable bonds is 3. The van der Waals surface area contributed by atoms with Gasteiger partial charge in [0, 0.05) is 22.0 Å². The quantitative estimate of drug-likeness (QED) is 0.736. The average molecular weight is 357 g/mol. The van der Waals surface area contributed by atoms with E-state index in [0.717, 1.165) is 36.8 Å². The molecule has 25 heavy (non-hydrogen) atoms. The minimum atomic E-state index is -0.310. The maximum atomic E-state index is 14.4. The Hall–Kier alpha value is -2.24. The number of nitrogens with zero attached hydrogens (tertiary/aromatic N) is 2. The number of nitrogens with one attached hydrogen (secondary N) is 2. The van der Waals surface area contributed by atoms with Gasteiger partial charge in [-0.15, -0.1) is 0 Å². The van der Waals surface area contributed by atoms with Crippen LogP contribution in [0.15, 0.2) is 42.5 Å². The van der Waals surface area contributed by atoms with E-state index in [2.05, 4.69) is 20.6 Å². The molecule has 0 amide bonds. The van der Waals surface area contributed by atoms with Crippen LogP contribution in [0.1, 0.15) is 12.8 Å². The SMILES string of the molecule is Fc1ccccc1-c1nc(NC2CCNCC2)nc2ccc(Cl)cc12. The van der Waals surface area contributed by atoms with Gasteiger partial charge in [0.1, 0.15) is 5.82 Å². The summed E-state index contributed by atoms with van der Waals surface area (Å²) >= 11 is 6.14. The Bertz CT molecular complexity index is 909. The highest BCUT2D eigenvalue weighted by Crippen LogP contribution is 2.31. The van der Waals surface area contributed by atoms with Crippen molar-refractivity contribution in [1.82, 2.24) is 15.3 Å². The third kappa shape index (κ3) is 3.43. The van der Waals surface area contributed by atoms with Crippen molar-refractivity contribution in [3.8, 4) is 11.3 Å². The average Bonchev–Trinajstić information content (AvgIpc) is 2.63. The molecule has 4 nitrogen and oxygen atoms in total. The van der Waals surface area contributed by atoms with Gasteiger partial charge in [-0.05, 0) is 56.3 Å². The molecule has 0 unspecified atom stereocenters. The van der Waals surface area contributed by atoms with Gasteiger partial charge in [-0.2, -0.15) is 0 Å². The summed E-state index contributed by atoms with van der Waals surface area (Å²) < 4.78 is 14.4. The van der Waals surface area contributed by atoms with Gasteiger partial charge in [-0.25, -0.2) is 14.4 Å². The Morgan fingerprint density at radius 2 is 1.88 bits per heavy atom. The first-order valence-corrected chi connectivity index (χ1v) is 8.78. The molecular weight excluding hydrogens is 339 g/mol. The first kappa shape index (κ1) is 16.2. The zero-order valence-corrected chi connectivity index (χ0v) is 14.4. The van der Waals surface area contributed by atoms with Crippen LogP contribution in [-0.2, 0) is 0 Å². The number of piperidine rings is 1. The van der Waals surface area contributed by atoms with Gasteiger partial charge in [0.05, 0.1) is 11.2 Å². The van der Waals surface area contributed by atoms with E-state index in [1.807, 2.05) is 6.07 Å². The summed E-state index contributed by atoms with van der Waals surface area (Å²) in [5, 5.41) is 8.06. The van der Waals surface area contributed by atoms with Crippen molar-refractivity contribution in [2.45, 2.75) is 18.9 Å². The summed E-state index contributed by atoms with van der Waals surface area (Å²) in [5.41, 5.74) is 1.75. The van der Waals surface area contributed by atoms with Crippen molar-refractivity contribution in [3.63, 3.8) is 0 Å². The maximum absolute atomic E-state index is 14.4. The molecule has 1 aromatic heterocycles. The van der Waals surface area contributed by atoms with Gasteiger partial charge in [0.2, 0.25) is 5.95 Å². The topological polar surface area (TPSA) is 49.8 Å². The van der Waals surface area contributed by atoms with Crippen LogP contribution in [0.3, 0.4) is 0 Å². The second-order valence-corrected chi connectivity index (χ2v) is 6.64. The lowest BCUT2D eigenvalue weighted by molar-refractivity contribution is 0.477. The van der Waals surface area contributed by atoms with E-state index in [1.54, 1.807) is 30.3 Å². The van der Waals surface area contributed by atoms with E-state index in [0.29, 0.717) is 28.3 Å². The second-order valence-electron chi connectivity index (χ2n) is 6.21. The Morgan fingerprint density at radius 1 is 1.08 bits per heavy atom. The fourth-order valence-corrected chi connectivity index (χ4v) is 3.34. The van der Waals surface area contributed by atoms with Crippen molar-refractivity contribution >= 4 is 28.5 Å². The van der Waals surface area contributed by atoms with Crippen LogP contribution in [0, 0.1) is 5.82 Å². The lowest BCUT2D eigenvalue weighted by Gasteiger charge is -2.24. The van der Waals surface area contributed by atoms with E-state index in [4.69, 9.17) is 11.6 Å². The number of halogens is 2. The van der Waals surface area contributed by atoms with Crippen LogP contribution in [0.2, 0.25) is 5.02 Å². The first-order valence-electron chi connectivity index (χ1n) is 8.40. The molecule has 1 fully saturated rings. The molecular formula is C19H18ClFN4. The highest BCUT2D eigenvalue weighted by atomic mass is 35.5. The fourth-order valence-electron chi connectivity index (χ4n) is 3.17. The highest BCUT2D eigenvalue weighted by molar-refractivity contribution is 6.31. The van der Waals surface area contributed by atoms with Crippen LogP contribution < -0.4 is 10.6 Å². The Morgan fingerprint density at radius 3 is 2.68 bits per heavy atom. The van der Waals surface area contributed by atoms with Gasteiger partial charge in [0.15, 0.2) is 0 Å². The van der Waals surface area contributed by atoms with Crippen LogP contribution in [-0.4, -0.2) is 29.1 Å². The highest BCUT2D eigenvalue weighted by Gasteiger charge is 2.17. The van der Waals surface area contributed by atoms with Crippen molar-refractivity contribution < 1.29 is 4.39 Å². The van der Waals surface area contributed by atoms with Crippen molar-refractivity contribution in [1.29, 1.82) is 0 Å². The molecule has 2 aromatic carbocycles. The normalized spacial score (nSPS) is 15.4. The van der Waals surface area contributed by atoms with E-state index >= 15 is 0 Å². The molecule has 3 aromatic rings. The van der Waals surface area contributed by atoms with E-state index in [1.165, 1.54) is 6.07 Å². The predicted octanol–water partition coefficient (Wildman–Crippen LogP) is 4.25. The summed E-state index contributed by atoms with van der Waals surface area (Å²) in [6.07, 6.45) is 2.02. The number of hydrogen-bond acceptors (Lipinski definition) is 4. The Labute approximate surface area is 150 Å². The zero-order chi connectivity index (χ0) is 17.2. The number of aromatic nitrogens is 2. The monoisotopic (exact) mass is 356 g/mol. The van der Waals surface area contributed by atoms with Crippen molar-refractivity contribution in [3.05, 3.63) is 53.3 Å². The summed E-state index contributed by atoms with van der Waals surface area (Å²) in [4.78, 5) is 9.23. The lowest BCUT2D eigenvalue weighted by Crippen LogP contribution is -2.35. The number of hydrogen-bond donors (Lipinski definition) is 2. The minimum Gasteiger partial charge on any atom is -0.351 e. The van der Waals surface area contributed by atoms with Crippen molar-refractivity contribution in [2.75, 3.05) is 18.4 Å². The van der Waals surface area contributed by atoms with Crippen LogP contribution in [0.25, 0.3) is 22.2 Å². The molecule has 1 saturated heterocycles. The van der Waals surface area contributed by atoms with Crippen LogP contribution >= 0.6 is 11.6 Å². The predicted molar refractivity (Wildman–Crippen MR) is 99.5 cm³/mol. The molecule has 0 radical (unpaired) electrons. The van der Waals surface area contributed by atoms with E-state index < -0.39 is 0 Å². The zero-order valence-electron chi connectivity index (χ0n) is 13.6. The fraction of sp³-hybridized carbons (Fsp3) is 0.263. The van der Waals surface area contributed by atoms with Gasteiger partial charge >= 0.3 is 0 Å². The number of anilines is 1. The number of fused-ring (bicyclic) bond motifs is 1. The van der Waals surface area contributed by atoms with Gasteiger partial charge in [0.25, 0.3) is 0 Å². The molecule has 0 bridgehead atoms. The third-order valence-corrected chi connectivity index (χ3v) is 4.69. The molecule has 0 aliphatic carbocycles. The number of benzene rings is 2. The molecule has 0 atom stereocenters. The Balaban J connectivity index is 1.83. The molecule has 6 heteroatoms. The van der Waals surface area contributed by atoms with E-state index in [9.17, 15) is 4.39 Å². The largest absolute Gasteiger partial charge is 0.351 e. The third-order valence-electron chi connectivity index (χ3n) is 4.46. The molecule has 128 valence electrons. The smallest absolute Gasteiger partial charge is 0.224 e.